The Morgan fingerprint density at radius 1 is 1.41 bits per heavy atom. The molecule has 17 heavy (non-hydrogen) atoms. The molecule has 4 nitrogen and oxygen atoms in total. The minimum Gasteiger partial charge on any atom is -0.442 e. The van der Waals surface area contributed by atoms with Crippen LogP contribution in [0, 0.1) is 5.82 Å². The van der Waals surface area contributed by atoms with Gasteiger partial charge in [0.1, 0.15) is 11.4 Å². The van der Waals surface area contributed by atoms with E-state index in [1.807, 2.05) is 0 Å². The highest BCUT2D eigenvalue weighted by Gasteiger charge is 2.14. The second-order valence-electron chi connectivity index (χ2n) is 4.22. The van der Waals surface area contributed by atoms with Gasteiger partial charge in [-0.05, 0) is 32.9 Å². The van der Waals surface area contributed by atoms with E-state index in [2.05, 4.69) is 8.73 Å². The van der Waals surface area contributed by atoms with Gasteiger partial charge in [-0.2, -0.15) is 4.36 Å². The molecule has 0 aliphatic rings. The Morgan fingerprint density at radius 2 is 2.12 bits per heavy atom. The van der Waals surface area contributed by atoms with Crippen molar-refractivity contribution in [3.63, 3.8) is 0 Å². The van der Waals surface area contributed by atoms with Gasteiger partial charge in [0.15, 0.2) is 0 Å². The molecule has 0 spiro atoms. The second-order valence-corrected chi connectivity index (χ2v) is 4.75. The van der Waals surface area contributed by atoms with Crippen LogP contribution in [0.15, 0.2) is 33.0 Å². The van der Waals surface area contributed by atoms with Crippen molar-refractivity contribution in [1.29, 1.82) is 0 Å². The molecule has 0 heterocycles. The maximum Gasteiger partial charge on any atom is 0.446 e. The molecule has 0 aliphatic carbocycles. The molecule has 1 aromatic carbocycles. The van der Waals surface area contributed by atoms with Crippen LogP contribution >= 0.6 is 0 Å². The molecule has 0 saturated heterocycles. The minimum absolute atomic E-state index is 0.385. The first kappa shape index (κ1) is 13.5. The number of carbonyl (C=O) groups excluding carboxylic acids is 1. The smallest absolute Gasteiger partial charge is 0.442 e. The van der Waals surface area contributed by atoms with Gasteiger partial charge in [0.2, 0.25) is 0 Å². The Hall–Kier alpha value is -1.56. The first-order chi connectivity index (χ1) is 7.87. The van der Waals surface area contributed by atoms with Crippen molar-refractivity contribution in [2.24, 2.45) is 8.73 Å². The molecule has 0 fully saturated rings. The SMILES string of the molecule is CC(C)(C)OC(=O)N=S=Nc1cccc(F)c1. The van der Waals surface area contributed by atoms with Crippen molar-refractivity contribution in [1.82, 2.24) is 0 Å². The van der Waals surface area contributed by atoms with Gasteiger partial charge in [0, 0.05) is 6.07 Å². The number of halogens is 1. The molecule has 0 aliphatic heterocycles. The normalized spacial score (nSPS) is 10.6. The summed E-state index contributed by atoms with van der Waals surface area (Å²) in [4.78, 5) is 11.2. The molecule has 0 radical (unpaired) electrons. The molecule has 1 aromatic rings. The molecule has 0 bridgehead atoms. The molecule has 92 valence electrons. The summed E-state index contributed by atoms with van der Waals surface area (Å²) in [6.07, 6.45) is -0.706. The lowest BCUT2D eigenvalue weighted by Crippen LogP contribution is -2.21. The van der Waals surface area contributed by atoms with Gasteiger partial charge in [0.05, 0.1) is 17.0 Å². The van der Waals surface area contributed by atoms with Crippen molar-refractivity contribution in [2.45, 2.75) is 26.4 Å². The van der Waals surface area contributed by atoms with Crippen LogP contribution < -0.4 is 0 Å². The van der Waals surface area contributed by atoms with Crippen LogP contribution in [0.2, 0.25) is 0 Å². The maximum atomic E-state index is 12.8. The summed E-state index contributed by atoms with van der Waals surface area (Å²) in [6.45, 7) is 5.23. The first-order valence-electron chi connectivity index (χ1n) is 4.94. The molecular weight excluding hydrogens is 243 g/mol. The van der Waals surface area contributed by atoms with Gasteiger partial charge >= 0.3 is 6.09 Å². The van der Waals surface area contributed by atoms with E-state index in [4.69, 9.17) is 4.74 Å². The van der Waals surface area contributed by atoms with Crippen LogP contribution in [0.1, 0.15) is 20.8 Å². The summed E-state index contributed by atoms with van der Waals surface area (Å²) in [5.41, 5.74) is -0.178. The third-order valence-electron chi connectivity index (χ3n) is 1.46. The quantitative estimate of drug-likeness (QED) is 0.766. The predicted octanol–water partition coefficient (Wildman–Crippen LogP) is 3.84. The summed E-state index contributed by atoms with van der Waals surface area (Å²) in [7, 11) is 0. The van der Waals surface area contributed by atoms with E-state index in [0.717, 1.165) is 0 Å². The number of carbonyl (C=O) groups is 1. The molecule has 0 N–H and O–H groups in total. The highest BCUT2D eigenvalue weighted by Crippen LogP contribution is 2.12. The zero-order chi connectivity index (χ0) is 12.9. The number of rotatable bonds is 1. The van der Waals surface area contributed by atoms with Gasteiger partial charge in [-0.3, -0.25) is 0 Å². The van der Waals surface area contributed by atoms with E-state index in [0.29, 0.717) is 17.0 Å². The number of ether oxygens (including phenoxy) is 1. The Labute approximate surface area is 103 Å². The number of hydrogen-bond acceptors (Lipinski definition) is 3. The lowest BCUT2D eigenvalue weighted by Gasteiger charge is -2.16. The van der Waals surface area contributed by atoms with E-state index in [-0.39, 0.29) is 5.82 Å². The molecule has 1 amide bonds. The zero-order valence-corrected chi connectivity index (χ0v) is 10.6. The van der Waals surface area contributed by atoms with E-state index in [9.17, 15) is 9.18 Å². The van der Waals surface area contributed by atoms with Gasteiger partial charge < -0.3 is 4.74 Å². The standard InChI is InChI=1S/C11H13FN2O2S/c1-11(2,3)16-10(15)14-17-13-9-6-4-5-8(12)7-9/h4-7H,1-3H3. The average molecular weight is 256 g/mol. The molecule has 6 heteroatoms. The number of nitrogens with zero attached hydrogens (tertiary/aromatic N) is 2. The van der Waals surface area contributed by atoms with E-state index < -0.39 is 11.7 Å². The Balaban J connectivity index is 2.68. The molecule has 0 unspecified atom stereocenters. The lowest BCUT2D eigenvalue weighted by atomic mass is 10.2. The maximum absolute atomic E-state index is 12.8. The Kier molecular flexibility index (Phi) is 4.51. The lowest BCUT2D eigenvalue weighted by molar-refractivity contribution is 0.0608. The Morgan fingerprint density at radius 3 is 2.71 bits per heavy atom. The van der Waals surface area contributed by atoms with Crippen LogP contribution in [0.3, 0.4) is 0 Å². The summed E-state index contributed by atoms with van der Waals surface area (Å²) in [5, 5.41) is 0. The number of benzene rings is 1. The van der Waals surface area contributed by atoms with Crippen LogP contribution in [0.25, 0.3) is 0 Å². The second kappa shape index (κ2) is 5.67. The minimum atomic E-state index is -0.706. The predicted molar refractivity (Wildman–Crippen MR) is 64.5 cm³/mol. The van der Waals surface area contributed by atoms with Crippen LogP contribution in [-0.4, -0.2) is 11.7 Å². The molecule has 1 rings (SSSR count). The van der Waals surface area contributed by atoms with E-state index >= 15 is 0 Å². The van der Waals surface area contributed by atoms with Gasteiger partial charge in [0.25, 0.3) is 0 Å². The molecule has 0 atom stereocenters. The highest BCUT2D eigenvalue weighted by molar-refractivity contribution is 7.57. The van der Waals surface area contributed by atoms with Crippen molar-refractivity contribution in [3.8, 4) is 0 Å². The summed E-state index contributed by atoms with van der Waals surface area (Å²) in [5.74, 6) is -0.385. The average Bonchev–Trinajstić information content (AvgIpc) is 2.14. The van der Waals surface area contributed by atoms with E-state index in [1.165, 1.54) is 18.2 Å². The highest BCUT2D eigenvalue weighted by atomic mass is 32.1. The fourth-order valence-electron chi connectivity index (χ4n) is 0.914. The van der Waals surface area contributed by atoms with Crippen molar-refractivity contribution in [3.05, 3.63) is 30.1 Å². The van der Waals surface area contributed by atoms with Crippen molar-refractivity contribution >= 4 is 23.1 Å². The van der Waals surface area contributed by atoms with Crippen LogP contribution in [0.5, 0.6) is 0 Å². The largest absolute Gasteiger partial charge is 0.446 e. The number of hydrogen-bond donors (Lipinski definition) is 0. The molecular formula is C11H13FN2O2S. The fourth-order valence-corrected chi connectivity index (χ4v) is 1.27. The first-order valence-corrected chi connectivity index (χ1v) is 5.67. The van der Waals surface area contributed by atoms with Gasteiger partial charge in [-0.25, -0.2) is 9.18 Å². The zero-order valence-electron chi connectivity index (χ0n) is 9.81. The topological polar surface area (TPSA) is 51.0 Å². The number of amides is 1. The van der Waals surface area contributed by atoms with Crippen LogP contribution in [-0.2, 0) is 16.1 Å². The van der Waals surface area contributed by atoms with Crippen molar-refractivity contribution < 1.29 is 13.9 Å². The van der Waals surface area contributed by atoms with Crippen LogP contribution in [0.4, 0.5) is 14.9 Å². The Bertz CT molecular complexity index is 477. The third-order valence-corrected chi connectivity index (χ3v) is 1.99. The fraction of sp³-hybridized carbons (Fsp3) is 0.364. The summed E-state index contributed by atoms with van der Waals surface area (Å²) < 4.78 is 25.1. The molecule has 0 saturated carbocycles. The monoisotopic (exact) mass is 256 g/mol. The van der Waals surface area contributed by atoms with Crippen molar-refractivity contribution in [2.75, 3.05) is 0 Å². The summed E-state index contributed by atoms with van der Waals surface area (Å²) >= 11 is 0.673. The third kappa shape index (κ3) is 5.91. The van der Waals surface area contributed by atoms with Gasteiger partial charge in [-0.15, -0.1) is 0 Å². The van der Waals surface area contributed by atoms with E-state index in [1.54, 1.807) is 26.8 Å². The molecule has 0 aromatic heterocycles. The summed E-state index contributed by atoms with van der Waals surface area (Å²) in [6, 6.07) is 5.70. The van der Waals surface area contributed by atoms with Gasteiger partial charge in [-0.1, -0.05) is 10.4 Å².